The Morgan fingerprint density at radius 1 is 1.12 bits per heavy atom. The molecule has 0 radical (unpaired) electrons. The largest absolute Gasteiger partial charge is 0.355 e. The fourth-order valence-corrected chi connectivity index (χ4v) is 2.03. The molecule has 0 aliphatic rings. The van der Waals surface area contributed by atoms with Crippen molar-refractivity contribution in [3.63, 3.8) is 0 Å². The van der Waals surface area contributed by atoms with Crippen molar-refractivity contribution in [1.29, 1.82) is 0 Å². The van der Waals surface area contributed by atoms with Gasteiger partial charge in [0.15, 0.2) is 0 Å². The Labute approximate surface area is 142 Å². The lowest BCUT2D eigenvalue weighted by Crippen LogP contribution is -2.44. The normalized spacial score (nSPS) is 10.6. The Morgan fingerprint density at radius 3 is 2.29 bits per heavy atom. The van der Waals surface area contributed by atoms with Crippen molar-refractivity contribution in [3.05, 3.63) is 35.4 Å². The van der Waals surface area contributed by atoms with Crippen molar-refractivity contribution in [3.8, 4) is 0 Å². The summed E-state index contributed by atoms with van der Waals surface area (Å²) in [5.74, 6) is -0.172. The third kappa shape index (κ3) is 7.23. The molecular formula is C17H26N4O3. The van der Waals surface area contributed by atoms with Crippen molar-refractivity contribution in [2.45, 2.75) is 20.4 Å². The van der Waals surface area contributed by atoms with E-state index in [1.807, 2.05) is 26.0 Å². The number of imide groups is 1. The number of hydrogen-bond acceptors (Lipinski definition) is 4. The highest BCUT2D eigenvalue weighted by Gasteiger charge is 2.11. The summed E-state index contributed by atoms with van der Waals surface area (Å²) in [6.45, 7) is 5.12. The van der Waals surface area contributed by atoms with Gasteiger partial charge >= 0.3 is 6.03 Å². The second kappa shape index (κ2) is 9.67. The molecule has 7 nitrogen and oxygen atoms in total. The number of rotatable bonds is 7. The highest BCUT2D eigenvalue weighted by Crippen LogP contribution is 2.06. The molecule has 0 saturated carbocycles. The highest BCUT2D eigenvalue weighted by molar-refractivity contribution is 5.95. The van der Waals surface area contributed by atoms with Gasteiger partial charge in [0, 0.05) is 25.7 Å². The van der Waals surface area contributed by atoms with Gasteiger partial charge in [-0.2, -0.15) is 0 Å². The average Bonchev–Trinajstić information content (AvgIpc) is 2.52. The van der Waals surface area contributed by atoms with Crippen LogP contribution in [0, 0.1) is 5.92 Å². The summed E-state index contributed by atoms with van der Waals surface area (Å²) in [5.41, 5.74) is 1.56. The highest BCUT2D eigenvalue weighted by atomic mass is 16.2. The van der Waals surface area contributed by atoms with E-state index in [-0.39, 0.29) is 18.4 Å². The fraction of sp³-hybridized carbons (Fsp3) is 0.471. The molecule has 132 valence electrons. The summed E-state index contributed by atoms with van der Waals surface area (Å²) in [4.78, 5) is 36.6. The van der Waals surface area contributed by atoms with Gasteiger partial charge in [0.05, 0.1) is 6.54 Å². The molecular weight excluding hydrogens is 308 g/mol. The molecule has 24 heavy (non-hydrogen) atoms. The predicted molar refractivity (Wildman–Crippen MR) is 92.5 cm³/mol. The van der Waals surface area contributed by atoms with Crippen LogP contribution in [0.3, 0.4) is 0 Å². The Bertz CT molecular complexity index is 570. The topological polar surface area (TPSA) is 90.5 Å². The lowest BCUT2D eigenvalue weighted by atomic mass is 10.1. The molecule has 3 N–H and O–H groups in total. The van der Waals surface area contributed by atoms with Crippen molar-refractivity contribution < 1.29 is 14.4 Å². The maximum absolute atomic E-state index is 11.8. The number of nitrogens with one attached hydrogen (secondary N) is 3. The van der Waals surface area contributed by atoms with E-state index < -0.39 is 6.03 Å². The van der Waals surface area contributed by atoms with Gasteiger partial charge in [0.25, 0.3) is 5.91 Å². The van der Waals surface area contributed by atoms with Crippen LogP contribution in [0.15, 0.2) is 24.3 Å². The molecule has 0 aromatic heterocycles. The molecule has 0 atom stereocenters. The zero-order valence-corrected chi connectivity index (χ0v) is 14.7. The number of nitrogens with zero attached hydrogens (tertiary/aromatic N) is 1. The number of carbonyl (C=O) groups excluding carboxylic acids is 3. The van der Waals surface area contributed by atoms with Crippen LogP contribution in [0.5, 0.6) is 0 Å². The van der Waals surface area contributed by atoms with Crippen molar-refractivity contribution >= 4 is 17.8 Å². The molecule has 4 amide bonds. The molecule has 1 rings (SSSR count). The predicted octanol–water partition coefficient (Wildman–Crippen LogP) is 0.960. The van der Waals surface area contributed by atoms with Gasteiger partial charge in [0.1, 0.15) is 0 Å². The van der Waals surface area contributed by atoms with Gasteiger partial charge in [-0.1, -0.05) is 26.0 Å². The third-order valence-corrected chi connectivity index (χ3v) is 3.23. The Hall–Kier alpha value is -2.41. The van der Waals surface area contributed by atoms with E-state index in [9.17, 15) is 14.4 Å². The number of urea groups is 1. The summed E-state index contributed by atoms with van der Waals surface area (Å²) in [5, 5.41) is 7.49. The molecule has 1 aromatic carbocycles. The van der Waals surface area contributed by atoms with E-state index in [1.165, 1.54) is 0 Å². The van der Waals surface area contributed by atoms with Crippen LogP contribution >= 0.6 is 0 Å². The first-order valence-electron chi connectivity index (χ1n) is 7.89. The Morgan fingerprint density at radius 2 is 1.75 bits per heavy atom. The van der Waals surface area contributed by atoms with Gasteiger partial charge in [-0.25, -0.2) is 4.79 Å². The van der Waals surface area contributed by atoms with E-state index in [0.717, 1.165) is 5.56 Å². The molecule has 1 aromatic rings. The first kappa shape index (κ1) is 19.6. The second-order valence-corrected chi connectivity index (χ2v) is 6.10. The van der Waals surface area contributed by atoms with Crippen LogP contribution in [0.25, 0.3) is 0 Å². The van der Waals surface area contributed by atoms with Crippen LogP contribution < -0.4 is 16.0 Å². The van der Waals surface area contributed by atoms with Crippen molar-refractivity contribution in [2.24, 2.45) is 5.92 Å². The number of carbonyl (C=O) groups is 3. The summed E-state index contributed by atoms with van der Waals surface area (Å²) in [6.07, 6.45) is 0. The maximum Gasteiger partial charge on any atom is 0.321 e. The number of amides is 4. The lowest BCUT2D eigenvalue weighted by molar-refractivity contribution is -0.120. The zero-order chi connectivity index (χ0) is 18.1. The van der Waals surface area contributed by atoms with Gasteiger partial charge < -0.3 is 10.6 Å². The minimum Gasteiger partial charge on any atom is -0.355 e. The lowest BCUT2D eigenvalue weighted by Gasteiger charge is -2.16. The van der Waals surface area contributed by atoms with Crippen LogP contribution in [-0.4, -0.2) is 49.9 Å². The molecule has 0 unspecified atom stereocenters. The van der Waals surface area contributed by atoms with Crippen LogP contribution in [-0.2, 0) is 11.3 Å². The second-order valence-electron chi connectivity index (χ2n) is 6.10. The molecule has 0 bridgehead atoms. The monoisotopic (exact) mass is 334 g/mol. The fourth-order valence-electron chi connectivity index (χ4n) is 2.03. The molecule has 0 heterocycles. The zero-order valence-electron chi connectivity index (χ0n) is 14.7. The standard InChI is InChI=1S/C17H26N4O3/c1-12(2)9-19-17(24)20-15(22)11-21(4)10-13-5-7-14(8-6-13)16(23)18-3/h5-8,12H,9-11H2,1-4H3,(H,18,23)(H2,19,20,22,24). The van der Waals surface area contributed by atoms with Crippen molar-refractivity contribution in [2.75, 3.05) is 27.2 Å². The van der Waals surface area contributed by atoms with Crippen LogP contribution in [0.2, 0.25) is 0 Å². The maximum atomic E-state index is 11.8. The molecule has 0 aliphatic carbocycles. The third-order valence-electron chi connectivity index (χ3n) is 3.23. The molecule has 0 aliphatic heterocycles. The SMILES string of the molecule is CNC(=O)c1ccc(CN(C)CC(=O)NC(=O)NCC(C)C)cc1. The van der Waals surface area contributed by atoms with Crippen molar-refractivity contribution in [1.82, 2.24) is 20.9 Å². The molecule has 0 fully saturated rings. The van der Waals surface area contributed by atoms with Crippen LogP contribution in [0.1, 0.15) is 29.8 Å². The molecule has 0 saturated heterocycles. The van der Waals surface area contributed by atoms with E-state index >= 15 is 0 Å². The van der Waals surface area contributed by atoms with Gasteiger partial charge in [-0.3, -0.25) is 19.8 Å². The minimum atomic E-state index is -0.475. The first-order valence-corrected chi connectivity index (χ1v) is 7.89. The summed E-state index contributed by atoms with van der Waals surface area (Å²) in [7, 11) is 3.37. The Balaban J connectivity index is 2.42. The summed E-state index contributed by atoms with van der Waals surface area (Å²) in [6, 6.07) is 6.68. The quantitative estimate of drug-likeness (QED) is 0.693. The number of benzene rings is 1. The summed E-state index contributed by atoms with van der Waals surface area (Å²) < 4.78 is 0. The van der Waals surface area contributed by atoms with E-state index in [4.69, 9.17) is 0 Å². The first-order chi connectivity index (χ1) is 11.3. The van der Waals surface area contributed by atoms with E-state index in [0.29, 0.717) is 24.6 Å². The van der Waals surface area contributed by atoms with Gasteiger partial charge in [0.2, 0.25) is 5.91 Å². The van der Waals surface area contributed by atoms with Crippen LogP contribution in [0.4, 0.5) is 4.79 Å². The van der Waals surface area contributed by atoms with E-state index in [2.05, 4.69) is 16.0 Å². The average molecular weight is 334 g/mol. The minimum absolute atomic E-state index is 0.103. The number of likely N-dealkylation sites (N-methyl/N-ethyl adjacent to an activating group) is 1. The smallest absolute Gasteiger partial charge is 0.321 e. The van der Waals surface area contributed by atoms with E-state index in [1.54, 1.807) is 31.1 Å². The molecule has 0 spiro atoms. The van der Waals surface area contributed by atoms with Gasteiger partial charge in [-0.15, -0.1) is 0 Å². The Kier molecular flexibility index (Phi) is 7.91. The molecule has 7 heteroatoms. The number of hydrogen-bond donors (Lipinski definition) is 3. The van der Waals surface area contributed by atoms with Gasteiger partial charge in [-0.05, 0) is 30.7 Å². The summed E-state index contributed by atoms with van der Waals surface area (Å²) >= 11 is 0.